The van der Waals surface area contributed by atoms with Crippen LogP contribution in [0.25, 0.3) is 11.0 Å². The van der Waals surface area contributed by atoms with Gasteiger partial charge in [0.2, 0.25) is 0 Å². The van der Waals surface area contributed by atoms with E-state index in [1.165, 1.54) is 5.56 Å². The number of anilines is 1. The summed E-state index contributed by atoms with van der Waals surface area (Å²) in [5.74, 6) is 1.68. The van der Waals surface area contributed by atoms with Crippen LogP contribution < -0.4 is 4.72 Å². The highest BCUT2D eigenvalue weighted by Crippen LogP contribution is 2.35. The molecule has 25 heavy (non-hydrogen) atoms. The molecule has 0 amide bonds. The minimum atomic E-state index is -3.61. The highest BCUT2D eigenvalue weighted by atomic mass is 32.2. The predicted molar refractivity (Wildman–Crippen MR) is 99.4 cm³/mol. The van der Waals surface area contributed by atoms with Crippen LogP contribution in [0.15, 0.2) is 51.8 Å². The molecule has 0 saturated heterocycles. The van der Waals surface area contributed by atoms with E-state index in [4.69, 9.17) is 4.42 Å². The minimum Gasteiger partial charge on any atom is -0.461 e. The van der Waals surface area contributed by atoms with Crippen molar-refractivity contribution in [2.24, 2.45) is 5.92 Å². The first-order valence-corrected chi connectivity index (χ1v) is 10.0. The van der Waals surface area contributed by atoms with Crippen LogP contribution in [0.1, 0.15) is 30.2 Å². The summed E-state index contributed by atoms with van der Waals surface area (Å²) in [4.78, 5) is 0.304. The first-order chi connectivity index (χ1) is 11.9. The van der Waals surface area contributed by atoms with Crippen molar-refractivity contribution < 1.29 is 12.8 Å². The maximum absolute atomic E-state index is 12.7. The third-order valence-corrected chi connectivity index (χ3v) is 6.47. The van der Waals surface area contributed by atoms with E-state index in [0.717, 1.165) is 41.6 Å². The van der Waals surface area contributed by atoms with Crippen LogP contribution in [0.2, 0.25) is 0 Å². The number of aryl methyl sites for hydroxylation is 2. The molecule has 0 bridgehead atoms. The van der Waals surface area contributed by atoms with Crippen LogP contribution in [0, 0.1) is 12.8 Å². The Kier molecular flexibility index (Phi) is 3.84. The molecule has 1 N–H and O–H groups in total. The maximum atomic E-state index is 12.7. The lowest BCUT2D eigenvalue weighted by atomic mass is 9.88. The van der Waals surface area contributed by atoms with Crippen LogP contribution in [0.3, 0.4) is 0 Å². The van der Waals surface area contributed by atoms with Crippen molar-refractivity contribution in [3.63, 3.8) is 0 Å². The molecule has 3 aromatic rings. The Labute approximate surface area is 147 Å². The van der Waals surface area contributed by atoms with Gasteiger partial charge in [-0.1, -0.05) is 25.1 Å². The van der Waals surface area contributed by atoms with Gasteiger partial charge in [-0.05, 0) is 55.5 Å². The second-order valence-electron chi connectivity index (χ2n) is 6.93. The number of hydrogen-bond donors (Lipinski definition) is 1. The molecule has 0 fully saturated rings. The quantitative estimate of drug-likeness (QED) is 0.743. The summed E-state index contributed by atoms with van der Waals surface area (Å²) in [5.41, 5.74) is 3.35. The van der Waals surface area contributed by atoms with Gasteiger partial charge in [-0.2, -0.15) is 0 Å². The summed E-state index contributed by atoms with van der Waals surface area (Å²) in [6.07, 6.45) is 3.08. The molecule has 1 aromatic heterocycles. The summed E-state index contributed by atoms with van der Waals surface area (Å²) in [7, 11) is -3.61. The lowest BCUT2D eigenvalue weighted by Crippen LogP contribution is -2.14. The predicted octanol–water partition coefficient (Wildman–Crippen LogP) is 4.67. The fourth-order valence-electron chi connectivity index (χ4n) is 3.58. The molecule has 0 radical (unpaired) electrons. The lowest BCUT2D eigenvalue weighted by Gasteiger charge is -2.16. The van der Waals surface area contributed by atoms with Gasteiger partial charge in [-0.3, -0.25) is 4.72 Å². The topological polar surface area (TPSA) is 59.3 Å². The molecule has 1 aliphatic carbocycles. The summed E-state index contributed by atoms with van der Waals surface area (Å²) in [6.45, 7) is 4.03. The Morgan fingerprint density at radius 2 is 1.96 bits per heavy atom. The number of nitrogens with one attached hydrogen (secondary N) is 1. The van der Waals surface area contributed by atoms with Gasteiger partial charge in [-0.25, -0.2) is 8.42 Å². The molecule has 5 heteroatoms. The van der Waals surface area contributed by atoms with E-state index in [0.29, 0.717) is 16.5 Å². The van der Waals surface area contributed by atoms with Crippen molar-refractivity contribution in [2.75, 3.05) is 4.72 Å². The number of benzene rings is 2. The number of rotatable bonds is 3. The van der Waals surface area contributed by atoms with Crippen LogP contribution in [-0.4, -0.2) is 8.42 Å². The van der Waals surface area contributed by atoms with E-state index in [2.05, 4.69) is 11.6 Å². The molecule has 1 heterocycles. The van der Waals surface area contributed by atoms with Crippen LogP contribution >= 0.6 is 0 Å². The smallest absolute Gasteiger partial charge is 0.262 e. The molecule has 130 valence electrons. The Bertz CT molecular complexity index is 1050. The normalized spacial score (nSPS) is 17.4. The van der Waals surface area contributed by atoms with E-state index in [1.54, 1.807) is 31.2 Å². The highest BCUT2D eigenvalue weighted by molar-refractivity contribution is 7.92. The van der Waals surface area contributed by atoms with Crippen LogP contribution in [-0.2, 0) is 22.9 Å². The Morgan fingerprint density at radius 3 is 2.76 bits per heavy atom. The Balaban J connectivity index is 1.72. The Morgan fingerprint density at radius 1 is 1.16 bits per heavy atom. The van der Waals surface area contributed by atoms with Gasteiger partial charge in [0.05, 0.1) is 4.90 Å². The summed E-state index contributed by atoms with van der Waals surface area (Å²) in [5, 5.41) is 1.02. The first kappa shape index (κ1) is 16.2. The van der Waals surface area contributed by atoms with E-state index in [-0.39, 0.29) is 0 Å². The number of hydrogen-bond acceptors (Lipinski definition) is 3. The van der Waals surface area contributed by atoms with E-state index in [9.17, 15) is 8.42 Å². The van der Waals surface area contributed by atoms with Crippen molar-refractivity contribution in [2.45, 2.75) is 38.0 Å². The Hall–Kier alpha value is -2.27. The van der Waals surface area contributed by atoms with Gasteiger partial charge >= 0.3 is 0 Å². The highest BCUT2D eigenvalue weighted by Gasteiger charge is 2.23. The average molecular weight is 355 g/mol. The van der Waals surface area contributed by atoms with Gasteiger partial charge in [0.15, 0.2) is 0 Å². The average Bonchev–Trinajstić information content (AvgIpc) is 2.91. The second kappa shape index (κ2) is 5.92. The zero-order chi connectivity index (χ0) is 17.6. The van der Waals surface area contributed by atoms with E-state index >= 15 is 0 Å². The van der Waals surface area contributed by atoms with Gasteiger partial charge in [0.25, 0.3) is 10.0 Å². The summed E-state index contributed by atoms with van der Waals surface area (Å²) in [6, 6.07) is 12.5. The number of furan rings is 1. The third kappa shape index (κ3) is 2.93. The zero-order valence-electron chi connectivity index (χ0n) is 14.4. The SMILES string of the molecule is Cc1ccccc1S(=O)(=O)Nc1ccc2oc3c(c2c1)CCC(C)C3. The molecular formula is C20H21NO3S. The molecule has 0 saturated carbocycles. The standard InChI is InChI=1S/C20H21NO3S/c1-13-7-9-16-17-12-15(8-10-18(17)24-19(16)11-13)21-25(22,23)20-6-4-3-5-14(20)2/h3-6,8,10,12-13,21H,7,9,11H2,1-2H3. The minimum absolute atomic E-state index is 0.304. The van der Waals surface area contributed by atoms with Gasteiger partial charge in [0.1, 0.15) is 11.3 Å². The van der Waals surface area contributed by atoms with Crippen molar-refractivity contribution in [3.05, 3.63) is 59.4 Å². The van der Waals surface area contributed by atoms with E-state index < -0.39 is 10.0 Å². The first-order valence-electron chi connectivity index (χ1n) is 8.57. The van der Waals surface area contributed by atoms with Gasteiger partial charge in [0, 0.05) is 23.1 Å². The summed E-state index contributed by atoms with van der Waals surface area (Å²) < 4.78 is 34.1. The van der Waals surface area contributed by atoms with Crippen LogP contribution in [0.4, 0.5) is 5.69 Å². The molecule has 4 nitrogen and oxygen atoms in total. The molecule has 1 unspecified atom stereocenters. The van der Waals surface area contributed by atoms with Crippen molar-refractivity contribution in [1.29, 1.82) is 0 Å². The molecular weight excluding hydrogens is 334 g/mol. The molecule has 0 aliphatic heterocycles. The van der Waals surface area contributed by atoms with E-state index in [1.807, 2.05) is 18.2 Å². The van der Waals surface area contributed by atoms with Crippen molar-refractivity contribution >= 4 is 26.7 Å². The largest absolute Gasteiger partial charge is 0.461 e. The third-order valence-electron chi connectivity index (χ3n) is 4.93. The van der Waals surface area contributed by atoms with Gasteiger partial charge < -0.3 is 4.42 Å². The van der Waals surface area contributed by atoms with Crippen molar-refractivity contribution in [1.82, 2.24) is 0 Å². The molecule has 4 rings (SSSR count). The zero-order valence-corrected chi connectivity index (χ0v) is 15.2. The van der Waals surface area contributed by atoms with Crippen molar-refractivity contribution in [3.8, 4) is 0 Å². The van der Waals surface area contributed by atoms with Gasteiger partial charge in [-0.15, -0.1) is 0 Å². The fourth-order valence-corrected chi connectivity index (χ4v) is 4.88. The molecule has 1 atom stereocenters. The number of sulfonamides is 1. The molecule has 0 spiro atoms. The molecule has 2 aromatic carbocycles. The fraction of sp³-hybridized carbons (Fsp3) is 0.300. The monoisotopic (exact) mass is 355 g/mol. The molecule has 1 aliphatic rings. The lowest BCUT2D eigenvalue weighted by molar-refractivity contribution is 0.426. The second-order valence-corrected chi connectivity index (χ2v) is 8.58. The summed E-state index contributed by atoms with van der Waals surface area (Å²) >= 11 is 0. The number of fused-ring (bicyclic) bond motifs is 3. The van der Waals surface area contributed by atoms with Crippen LogP contribution in [0.5, 0.6) is 0 Å². The maximum Gasteiger partial charge on any atom is 0.262 e.